The maximum atomic E-state index is 8.58. The van der Waals surface area contributed by atoms with Gasteiger partial charge in [-0.1, -0.05) is 326 Å². The molecule has 3 aromatic heterocycles. The Bertz CT molecular complexity index is 6480. The number of rotatable bonds is 12. The van der Waals surface area contributed by atoms with Gasteiger partial charge in [-0.3, -0.25) is 0 Å². The van der Waals surface area contributed by atoms with Crippen LogP contribution in [0.5, 0.6) is 0 Å². The Labute approximate surface area is 691 Å². The third-order valence-corrected chi connectivity index (χ3v) is 23.4. The molecule has 0 N–H and O–H groups in total. The van der Waals surface area contributed by atoms with Crippen molar-refractivity contribution in [1.29, 1.82) is 0 Å². The zero-order chi connectivity index (χ0) is 81.1. The van der Waals surface area contributed by atoms with Gasteiger partial charge in [-0.15, -0.1) is 0 Å². The van der Waals surface area contributed by atoms with Gasteiger partial charge in [0.15, 0.2) is 40.6 Å². The van der Waals surface area contributed by atoms with E-state index in [1.165, 1.54) is 49.8 Å². The first-order valence-electron chi connectivity index (χ1n) is 40.8. The molecule has 0 saturated carbocycles. The molecule has 2 aliphatic heterocycles. The van der Waals surface area contributed by atoms with Gasteiger partial charge in [0.1, 0.15) is 0 Å². The van der Waals surface area contributed by atoms with E-state index in [1.54, 1.807) is 0 Å². The van der Waals surface area contributed by atoms with Crippen LogP contribution in [-0.2, 0) is 21.7 Å². The van der Waals surface area contributed by atoms with Crippen LogP contribution in [0.3, 0.4) is 0 Å². The third-order valence-electron chi connectivity index (χ3n) is 23.4. The monoisotopic (exact) mass is 1520 g/mol. The van der Waals surface area contributed by atoms with Crippen LogP contribution in [0.4, 0.5) is 39.8 Å². The Morgan fingerprint density at radius 2 is 0.610 bits per heavy atom. The van der Waals surface area contributed by atoms with Crippen molar-refractivity contribution in [3.05, 3.63) is 355 Å². The minimum Gasteiger partial charge on any atom is -0.311 e. The van der Waals surface area contributed by atoms with Crippen molar-refractivity contribution in [3.63, 3.8) is 0 Å². The number of benzene rings is 14. The van der Waals surface area contributed by atoms with Crippen LogP contribution in [0.25, 0.3) is 134 Å². The maximum absolute atomic E-state index is 8.58. The Morgan fingerprint density at radius 1 is 0.263 bits per heavy atom. The first-order valence-corrected chi connectivity index (χ1v) is 40.8. The SMILES string of the molecule is [C-]#[N+]c1ccc(-n2c3ccc(-c4cc5c6c(c4)N(c4ccccc4)c4cc(-c7cc(C(C)(C)C)cc(C(C)(C)C)c7)ccc4B6c4ccc(-c6cc(C(C)(C)C)cc(C(C)(C)C)c6)cc4N5c4ccccc4)cc3c3ccc(-c4nc(-c5ccccc5)nc(-c5ccccc5)n4)cc32)c(-c2nc(-c3ccccc3)nc(-c3ccccc3)n2)c1. The van der Waals surface area contributed by atoms with Crippen LogP contribution < -0.4 is 26.2 Å². The highest BCUT2D eigenvalue weighted by Gasteiger charge is 2.44. The third kappa shape index (κ3) is 13.6. The molecule has 0 unspecified atom stereocenters. The van der Waals surface area contributed by atoms with E-state index >= 15 is 0 Å². The Morgan fingerprint density at radius 3 is 1.01 bits per heavy atom. The highest BCUT2D eigenvalue weighted by molar-refractivity contribution is 7.00. The van der Waals surface area contributed by atoms with Crippen molar-refractivity contribution in [2.75, 3.05) is 9.80 Å². The Kier molecular flexibility index (Phi) is 18.1. The first-order chi connectivity index (χ1) is 56.9. The van der Waals surface area contributed by atoms with E-state index in [1.807, 2.05) is 140 Å². The fraction of sp³-hybridized carbons (Fsp3) is 0.150. The zero-order valence-corrected chi connectivity index (χ0v) is 68.6. The van der Waals surface area contributed by atoms with Gasteiger partial charge in [0.25, 0.3) is 6.71 Å². The van der Waals surface area contributed by atoms with E-state index in [0.717, 1.165) is 112 Å². The molecule has 10 nitrogen and oxygen atoms in total. The van der Waals surface area contributed by atoms with Crippen LogP contribution in [0.2, 0.25) is 0 Å². The average molecular weight is 1530 g/mol. The van der Waals surface area contributed by atoms with Gasteiger partial charge in [-0.25, -0.2) is 34.7 Å². The lowest BCUT2D eigenvalue weighted by Gasteiger charge is -2.44. The van der Waals surface area contributed by atoms with Crippen molar-refractivity contribution in [2.24, 2.45) is 0 Å². The molecular weight excluding hydrogens is 1440 g/mol. The van der Waals surface area contributed by atoms with Gasteiger partial charge < -0.3 is 14.4 Å². The minimum atomic E-state index is -0.184. The summed E-state index contributed by atoms with van der Waals surface area (Å²) in [7, 11) is 0. The molecule has 570 valence electrons. The molecule has 17 aromatic rings. The molecule has 0 saturated heterocycles. The summed E-state index contributed by atoms with van der Waals surface area (Å²) in [6.07, 6.45) is 0. The number of aromatic nitrogens is 7. The minimum absolute atomic E-state index is 0.0943. The quantitative estimate of drug-likeness (QED) is 0.0882. The van der Waals surface area contributed by atoms with Crippen molar-refractivity contribution in [2.45, 2.75) is 105 Å². The molecule has 2 aliphatic rings. The van der Waals surface area contributed by atoms with E-state index < -0.39 is 0 Å². The molecule has 14 aromatic carbocycles. The van der Waals surface area contributed by atoms with Crippen LogP contribution >= 0.6 is 0 Å². The molecule has 0 spiro atoms. The molecule has 0 fully saturated rings. The molecule has 5 heterocycles. The molecule has 11 heteroatoms. The van der Waals surface area contributed by atoms with Crippen LogP contribution in [0.1, 0.15) is 105 Å². The van der Waals surface area contributed by atoms with E-state index in [2.05, 4.69) is 284 Å². The fourth-order valence-corrected chi connectivity index (χ4v) is 17.0. The van der Waals surface area contributed by atoms with E-state index in [-0.39, 0.29) is 28.4 Å². The highest BCUT2D eigenvalue weighted by atomic mass is 15.2. The largest absolute Gasteiger partial charge is 0.311 e. The number of hydrogen-bond donors (Lipinski definition) is 0. The highest BCUT2D eigenvalue weighted by Crippen LogP contribution is 2.50. The van der Waals surface area contributed by atoms with Gasteiger partial charge in [0.2, 0.25) is 0 Å². The molecule has 19 rings (SSSR count). The number of para-hydroxylation sites is 2. The summed E-state index contributed by atoms with van der Waals surface area (Å²) in [6, 6.07) is 116. The molecule has 0 radical (unpaired) electrons. The van der Waals surface area contributed by atoms with Crippen molar-refractivity contribution < 1.29 is 0 Å². The van der Waals surface area contributed by atoms with Crippen LogP contribution in [-0.4, -0.2) is 41.2 Å². The summed E-state index contributed by atoms with van der Waals surface area (Å²) in [5.74, 6) is 3.08. The normalized spacial score (nSPS) is 12.7. The predicted octanol–water partition coefficient (Wildman–Crippen LogP) is 26.0. The van der Waals surface area contributed by atoms with Gasteiger partial charge in [0.05, 0.1) is 23.3 Å². The second-order valence-corrected chi connectivity index (χ2v) is 35.5. The summed E-state index contributed by atoms with van der Waals surface area (Å²) < 4.78 is 2.31. The fourth-order valence-electron chi connectivity index (χ4n) is 17.0. The Hall–Kier alpha value is -13.9. The maximum Gasteiger partial charge on any atom is 0.252 e. The summed E-state index contributed by atoms with van der Waals surface area (Å²) in [5, 5.41) is 1.99. The number of anilines is 6. The van der Waals surface area contributed by atoms with Crippen molar-refractivity contribution in [1.82, 2.24) is 34.5 Å². The molecule has 118 heavy (non-hydrogen) atoms. The summed E-state index contributed by atoms with van der Waals surface area (Å²) in [4.78, 5) is 40.8. The van der Waals surface area contributed by atoms with Crippen molar-refractivity contribution >= 4 is 84.7 Å². The van der Waals surface area contributed by atoms with Crippen molar-refractivity contribution in [3.8, 4) is 107 Å². The number of hydrogen-bond acceptors (Lipinski definition) is 8. The smallest absolute Gasteiger partial charge is 0.252 e. The number of fused-ring (bicyclic) bond motifs is 7. The lowest BCUT2D eigenvalue weighted by atomic mass is 9.33. The standard InChI is InChI=1S/C107H89BN10/c1-104(2,3)78-54-75(55-79(64-78)105(4,5)6)72-45-50-88-93(59-72)116(83-40-28-18-29-41-83)95-62-77(63-96-97(95)108(88)89-51-46-73(60-94(89)117(96)84-42-30-19-31-43-84)76-56-80(106(7,8)9)65-81(57-76)107(10,11)12)71-47-52-90-86(58-71)85-49-44-74(102-112-98(67-32-20-14-21-33-67)110-99(113-102)68-34-22-15-23-35-68)61-92(85)118(90)91-53-48-82(109-13)66-87(91)103-114-100(69-36-24-16-25-37-69)111-101(115-103)70-38-26-17-27-39-70/h14-66H,1-12H3. The van der Waals surface area contributed by atoms with Gasteiger partial charge >= 0.3 is 0 Å². The average Bonchev–Trinajstić information content (AvgIpc) is 0.789. The second kappa shape index (κ2) is 28.8. The second-order valence-electron chi connectivity index (χ2n) is 35.5. The predicted molar refractivity (Wildman–Crippen MR) is 492 cm³/mol. The van der Waals surface area contributed by atoms with Gasteiger partial charge in [0, 0.05) is 78.3 Å². The van der Waals surface area contributed by atoms with Crippen LogP contribution in [0, 0.1) is 6.57 Å². The summed E-state index contributed by atoms with van der Waals surface area (Å²) in [6.45, 7) is 36.3. The van der Waals surface area contributed by atoms with Crippen LogP contribution in [0.15, 0.2) is 322 Å². The molecule has 0 amide bonds. The van der Waals surface area contributed by atoms with E-state index in [0.29, 0.717) is 46.2 Å². The summed E-state index contributed by atoms with van der Waals surface area (Å²) >= 11 is 0. The molecule has 0 bridgehead atoms. The van der Waals surface area contributed by atoms with E-state index in [4.69, 9.17) is 36.5 Å². The molecular formula is C107H89BN10. The van der Waals surface area contributed by atoms with Gasteiger partial charge in [-0.05, 0) is 173 Å². The topological polar surface area (TPSA) is 93.1 Å². The zero-order valence-electron chi connectivity index (χ0n) is 68.6. The van der Waals surface area contributed by atoms with Gasteiger partial charge in [-0.2, -0.15) is 0 Å². The lowest BCUT2D eigenvalue weighted by Crippen LogP contribution is -2.61. The molecule has 0 aliphatic carbocycles. The number of nitrogens with zero attached hydrogens (tertiary/aromatic N) is 10. The summed E-state index contributed by atoms with van der Waals surface area (Å²) in [5.41, 5.74) is 29.7. The Balaban J connectivity index is 0.887. The lowest BCUT2D eigenvalue weighted by molar-refractivity contribution is 0.568. The van der Waals surface area contributed by atoms with E-state index in [9.17, 15) is 0 Å². The first kappa shape index (κ1) is 74.2. The molecule has 0 atom stereocenters.